The van der Waals surface area contributed by atoms with Crippen molar-refractivity contribution in [2.75, 3.05) is 7.11 Å². The second-order valence-corrected chi connectivity index (χ2v) is 16.3. The highest BCUT2D eigenvalue weighted by atomic mass is 28.4. The predicted octanol–water partition coefficient (Wildman–Crippen LogP) is 8.38. The standard InChI is InChI=1S/C31H47NO4Si/c1-9-10-11-17-27(33)30-26-16-13-12-15-25(26)24(22-32-30)21-20-23(2)28(18-14-19-29(34)35-6)36-37(7,8)31(3,4)5/h12-13,15-16,20-23,28H,9-11,14,17-19H2,1-8H3/b21-20+/t23-,28+/m1/s1. The van der Waals surface area contributed by atoms with Gasteiger partial charge in [0.1, 0.15) is 5.69 Å². The van der Waals surface area contributed by atoms with Gasteiger partial charge >= 0.3 is 5.97 Å². The second kappa shape index (κ2) is 14.0. The molecule has 0 unspecified atom stereocenters. The Labute approximate surface area is 225 Å². The van der Waals surface area contributed by atoms with E-state index in [2.05, 4.69) is 70.9 Å². The van der Waals surface area contributed by atoms with Crippen molar-refractivity contribution in [1.29, 1.82) is 0 Å². The maximum atomic E-state index is 12.9. The Balaban J connectivity index is 2.29. The zero-order chi connectivity index (χ0) is 27.6. The molecule has 5 nitrogen and oxygen atoms in total. The molecular weight excluding hydrogens is 478 g/mol. The zero-order valence-electron chi connectivity index (χ0n) is 24.2. The van der Waals surface area contributed by atoms with E-state index in [-0.39, 0.29) is 28.8 Å². The van der Waals surface area contributed by atoms with Gasteiger partial charge in [-0.25, -0.2) is 0 Å². The third-order valence-electron chi connectivity index (χ3n) is 7.61. The Kier molecular flexibility index (Phi) is 11.7. The van der Waals surface area contributed by atoms with E-state index in [1.807, 2.05) is 24.4 Å². The highest BCUT2D eigenvalue weighted by Crippen LogP contribution is 2.39. The summed E-state index contributed by atoms with van der Waals surface area (Å²) in [7, 11) is -0.572. The average Bonchev–Trinajstić information content (AvgIpc) is 2.85. The highest BCUT2D eigenvalue weighted by Gasteiger charge is 2.39. The van der Waals surface area contributed by atoms with Crippen molar-refractivity contribution in [2.24, 2.45) is 5.92 Å². The van der Waals surface area contributed by atoms with Gasteiger partial charge in [0.2, 0.25) is 0 Å². The zero-order valence-corrected chi connectivity index (χ0v) is 25.2. The molecule has 1 heterocycles. The summed E-state index contributed by atoms with van der Waals surface area (Å²) in [5.41, 5.74) is 1.56. The number of hydrogen-bond donors (Lipinski definition) is 0. The van der Waals surface area contributed by atoms with E-state index in [4.69, 9.17) is 9.16 Å². The van der Waals surface area contributed by atoms with E-state index < -0.39 is 8.32 Å². The maximum Gasteiger partial charge on any atom is 0.305 e. The quantitative estimate of drug-likeness (QED) is 0.107. The van der Waals surface area contributed by atoms with Crippen molar-refractivity contribution in [1.82, 2.24) is 4.98 Å². The molecule has 1 aromatic heterocycles. The predicted molar refractivity (Wildman–Crippen MR) is 156 cm³/mol. The van der Waals surface area contributed by atoms with Crippen LogP contribution in [0.3, 0.4) is 0 Å². The Morgan fingerprint density at radius 3 is 2.35 bits per heavy atom. The van der Waals surface area contributed by atoms with Gasteiger partial charge in [-0.2, -0.15) is 0 Å². The molecule has 2 atom stereocenters. The first-order chi connectivity index (χ1) is 17.4. The van der Waals surface area contributed by atoms with Gasteiger partial charge in [0.25, 0.3) is 0 Å². The molecule has 0 N–H and O–H groups in total. The van der Waals surface area contributed by atoms with Crippen molar-refractivity contribution >= 4 is 36.9 Å². The first kappa shape index (κ1) is 30.9. The number of nitrogens with zero attached hydrogens (tertiary/aromatic N) is 1. The number of carbonyl (C=O) groups excluding carboxylic acids is 2. The minimum atomic E-state index is -2.00. The lowest BCUT2D eigenvalue weighted by molar-refractivity contribution is -0.140. The topological polar surface area (TPSA) is 65.5 Å². The first-order valence-electron chi connectivity index (χ1n) is 13.7. The fourth-order valence-corrected chi connectivity index (χ4v) is 5.58. The van der Waals surface area contributed by atoms with E-state index in [1.54, 1.807) is 0 Å². The number of methoxy groups -OCH3 is 1. The molecule has 0 spiro atoms. The van der Waals surface area contributed by atoms with Crippen LogP contribution in [0.5, 0.6) is 0 Å². The third kappa shape index (κ3) is 8.89. The molecule has 204 valence electrons. The van der Waals surface area contributed by atoms with Gasteiger partial charge < -0.3 is 9.16 Å². The van der Waals surface area contributed by atoms with Gasteiger partial charge in [0.15, 0.2) is 14.1 Å². The molecule has 2 aromatic rings. The van der Waals surface area contributed by atoms with Crippen LogP contribution in [0.1, 0.15) is 95.6 Å². The molecule has 1 aromatic carbocycles. The summed E-state index contributed by atoms with van der Waals surface area (Å²) in [6.45, 7) is 15.6. The average molecular weight is 526 g/mol. The second-order valence-electron chi connectivity index (χ2n) is 11.6. The fourth-order valence-electron chi connectivity index (χ4n) is 4.14. The largest absolute Gasteiger partial charge is 0.469 e. The Bertz CT molecular complexity index is 1070. The number of rotatable bonds is 14. The number of pyridine rings is 1. The summed E-state index contributed by atoms with van der Waals surface area (Å²) in [5, 5.41) is 2.04. The summed E-state index contributed by atoms with van der Waals surface area (Å²) >= 11 is 0. The van der Waals surface area contributed by atoms with Crippen molar-refractivity contribution in [2.45, 2.75) is 104 Å². The van der Waals surface area contributed by atoms with Crippen LogP contribution in [0.15, 0.2) is 36.5 Å². The minimum Gasteiger partial charge on any atom is -0.469 e. The molecular formula is C31H47NO4Si. The molecule has 2 rings (SSSR count). The van der Waals surface area contributed by atoms with E-state index in [1.165, 1.54) is 7.11 Å². The molecule has 0 aliphatic rings. The van der Waals surface area contributed by atoms with Crippen LogP contribution in [-0.2, 0) is 14.0 Å². The van der Waals surface area contributed by atoms with Crippen molar-refractivity contribution < 1.29 is 18.8 Å². The van der Waals surface area contributed by atoms with Crippen LogP contribution in [-0.4, -0.2) is 38.3 Å². The summed E-state index contributed by atoms with van der Waals surface area (Å²) < 4.78 is 11.7. The fraction of sp³-hybridized carbons (Fsp3) is 0.581. The Hall–Kier alpha value is -2.31. The Morgan fingerprint density at radius 1 is 1.05 bits per heavy atom. The summed E-state index contributed by atoms with van der Waals surface area (Å²) in [6, 6.07) is 8.02. The number of Topliss-reactive ketones (excluding diaryl/α,β-unsaturated/α-hetero) is 1. The lowest BCUT2D eigenvalue weighted by Crippen LogP contribution is -2.45. The van der Waals surface area contributed by atoms with Gasteiger partial charge in [0, 0.05) is 30.0 Å². The number of ether oxygens (including phenoxy) is 1. The number of aromatic nitrogens is 1. The number of carbonyl (C=O) groups is 2. The van der Waals surface area contributed by atoms with Gasteiger partial charge in [-0.1, -0.05) is 83.9 Å². The van der Waals surface area contributed by atoms with Gasteiger partial charge in [-0.05, 0) is 48.7 Å². The number of fused-ring (bicyclic) bond motifs is 1. The molecule has 0 amide bonds. The van der Waals surface area contributed by atoms with Crippen molar-refractivity contribution in [3.8, 4) is 0 Å². The molecule has 0 fully saturated rings. The lowest BCUT2D eigenvalue weighted by Gasteiger charge is -2.40. The molecule has 0 aliphatic carbocycles. The molecule has 0 aliphatic heterocycles. The number of unbranched alkanes of at least 4 members (excludes halogenated alkanes) is 2. The lowest BCUT2D eigenvalue weighted by atomic mass is 9.96. The van der Waals surface area contributed by atoms with Gasteiger partial charge in [-0.3, -0.25) is 14.6 Å². The monoisotopic (exact) mass is 525 g/mol. The number of esters is 1. The minimum absolute atomic E-state index is 0.000405. The van der Waals surface area contributed by atoms with Crippen LogP contribution in [0.2, 0.25) is 18.1 Å². The SMILES string of the molecule is CCCCCC(=O)c1ncc(/C=C/[C@@H](C)[C@H](CCCC(=O)OC)O[Si](C)(C)C(C)(C)C)c2ccccc12. The van der Waals surface area contributed by atoms with Crippen LogP contribution < -0.4 is 0 Å². The molecule has 0 radical (unpaired) electrons. The number of ketones is 1. The highest BCUT2D eigenvalue weighted by molar-refractivity contribution is 6.74. The maximum absolute atomic E-state index is 12.9. The van der Waals surface area contributed by atoms with Crippen LogP contribution in [0, 0.1) is 5.92 Å². The number of benzene rings is 1. The smallest absolute Gasteiger partial charge is 0.305 e. The summed E-state index contributed by atoms with van der Waals surface area (Å²) in [6.07, 6.45) is 11.6. The number of hydrogen-bond acceptors (Lipinski definition) is 5. The van der Waals surface area contributed by atoms with Crippen molar-refractivity contribution in [3.05, 3.63) is 47.8 Å². The van der Waals surface area contributed by atoms with Crippen molar-refractivity contribution in [3.63, 3.8) is 0 Å². The van der Waals surface area contributed by atoms with E-state index in [0.717, 1.165) is 48.4 Å². The molecule has 0 bridgehead atoms. The molecule has 37 heavy (non-hydrogen) atoms. The van der Waals surface area contributed by atoms with Gasteiger partial charge in [0.05, 0.1) is 13.2 Å². The third-order valence-corrected chi connectivity index (χ3v) is 12.1. The van der Waals surface area contributed by atoms with E-state index in [9.17, 15) is 9.59 Å². The molecule has 0 saturated heterocycles. The summed E-state index contributed by atoms with van der Waals surface area (Å²) in [5.74, 6) is 0.0685. The van der Waals surface area contributed by atoms with Crippen LogP contribution >= 0.6 is 0 Å². The van der Waals surface area contributed by atoms with Gasteiger partial charge in [-0.15, -0.1) is 0 Å². The van der Waals surface area contributed by atoms with Crippen LogP contribution in [0.25, 0.3) is 16.8 Å². The van der Waals surface area contributed by atoms with E-state index in [0.29, 0.717) is 18.5 Å². The first-order valence-corrected chi connectivity index (χ1v) is 16.7. The van der Waals surface area contributed by atoms with Crippen LogP contribution in [0.4, 0.5) is 0 Å². The normalized spacial score (nSPS) is 14.2. The molecule has 6 heteroatoms. The molecule has 0 saturated carbocycles. The summed E-state index contributed by atoms with van der Waals surface area (Å²) in [4.78, 5) is 29.2. The Morgan fingerprint density at radius 2 is 1.73 bits per heavy atom. The van der Waals surface area contributed by atoms with E-state index >= 15 is 0 Å².